The molecule has 0 saturated carbocycles. The topological polar surface area (TPSA) is 147 Å². The second-order valence-electron chi connectivity index (χ2n) is 9.52. The van der Waals surface area contributed by atoms with Gasteiger partial charge in [-0.15, -0.1) is 0 Å². The summed E-state index contributed by atoms with van der Waals surface area (Å²) in [5.74, 6) is -3.66. The number of benzene rings is 2. The minimum atomic E-state index is -5.08. The van der Waals surface area contributed by atoms with Crippen molar-refractivity contribution < 1.29 is 47.3 Å². The first kappa shape index (κ1) is 31.3. The molecular formula is C28H30F3N3O7. The van der Waals surface area contributed by atoms with Gasteiger partial charge in [-0.1, -0.05) is 25.1 Å². The first-order valence-corrected chi connectivity index (χ1v) is 12.6. The molecule has 41 heavy (non-hydrogen) atoms. The van der Waals surface area contributed by atoms with Gasteiger partial charge in [-0.2, -0.15) is 13.2 Å². The van der Waals surface area contributed by atoms with Gasteiger partial charge in [0.1, 0.15) is 12.4 Å². The van der Waals surface area contributed by atoms with E-state index in [2.05, 4.69) is 10.3 Å². The van der Waals surface area contributed by atoms with Crippen LogP contribution in [0.5, 0.6) is 5.75 Å². The third-order valence-electron chi connectivity index (χ3n) is 6.65. The number of hydrogen-bond donors (Lipinski definition) is 4. The number of para-hydroxylation sites is 1. The van der Waals surface area contributed by atoms with Crippen LogP contribution in [0, 0.1) is 12.8 Å². The summed E-state index contributed by atoms with van der Waals surface area (Å²) in [6, 6.07) is 16.8. The van der Waals surface area contributed by atoms with Crippen molar-refractivity contribution in [3.63, 3.8) is 0 Å². The third-order valence-corrected chi connectivity index (χ3v) is 6.65. The molecule has 0 bridgehead atoms. The van der Waals surface area contributed by atoms with Gasteiger partial charge >= 0.3 is 12.1 Å². The molecule has 0 spiro atoms. The van der Waals surface area contributed by atoms with E-state index < -0.39 is 29.5 Å². The van der Waals surface area contributed by atoms with Crippen LogP contribution in [0.15, 0.2) is 54.6 Å². The summed E-state index contributed by atoms with van der Waals surface area (Å²) in [4.78, 5) is 38.5. The first-order chi connectivity index (χ1) is 19.4. The number of carbonyl (C=O) groups excluding carboxylic acids is 2. The van der Waals surface area contributed by atoms with Crippen LogP contribution >= 0.6 is 0 Å². The zero-order valence-corrected chi connectivity index (χ0v) is 22.3. The van der Waals surface area contributed by atoms with Crippen LogP contribution in [0.4, 0.5) is 13.2 Å². The minimum absolute atomic E-state index is 0.202. The number of hydrogen-bond acceptors (Lipinski definition) is 7. The number of pyridine rings is 1. The molecule has 220 valence electrons. The maximum Gasteiger partial charge on any atom is 0.490 e. The maximum absolute atomic E-state index is 13.0. The van der Waals surface area contributed by atoms with Crippen molar-refractivity contribution in [2.45, 2.75) is 45.0 Å². The highest BCUT2D eigenvalue weighted by Crippen LogP contribution is 2.29. The average Bonchev–Trinajstić information content (AvgIpc) is 2.95. The number of amides is 2. The number of alkyl halides is 3. The number of aliphatic carboxylic acids is 1. The molecule has 4 N–H and O–H groups in total. The van der Waals surface area contributed by atoms with Crippen LogP contribution in [-0.2, 0) is 20.9 Å². The van der Waals surface area contributed by atoms with Crippen molar-refractivity contribution in [2.75, 3.05) is 13.2 Å². The monoisotopic (exact) mass is 577 g/mol. The number of fused-ring (bicyclic) bond motifs is 1. The molecule has 3 aromatic rings. The van der Waals surface area contributed by atoms with E-state index in [9.17, 15) is 22.8 Å². The molecule has 1 aromatic heterocycles. The Labute approximate surface area is 233 Å². The minimum Gasteiger partial charge on any atom is -0.489 e. The fourth-order valence-electron chi connectivity index (χ4n) is 4.39. The van der Waals surface area contributed by atoms with Gasteiger partial charge in [0.2, 0.25) is 5.91 Å². The summed E-state index contributed by atoms with van der Waals surface area (Å²) in [5, 5.41) is 20.2. The molecule has 2 aromatic carbocycles. The lowest BCUT2D eigenvalue weighted by molar-refractivity contribution is -0.192. The number of halogens is 3. The van der Waals surface area contributed by atoms with Crippen molar-refractivity contribution in [1.29, 1.82) is 0 Å². The van der Waals surface area contributed by atoms with E-state index >= 15 is 0 Å². The molecule has 1 aliphatic heterocycles. The molecule has 0 radical (unpaired) electrons. The number of aromatic nitrogens is 1. The Balaban J connectivity index is 0.000000587. The molecular weight excluding hydrogens is 547 g/mol. The second-order valence-corrected chi connectivity index (χ2v) is 9.52. The van der Waals surface area contributed by atoms with E-state index in [-0.39, 0.29) is 12.5 Å². The van der Waals surface area contributed by atoms with Crippen molar-refractivity contribution in [3.8, 4) is 5.75 Å². The molecule has 2 unspecified atom stereocenters. The van der Waals surface area contributed by atoms with E-state index in [1.54, 1.807) is 36.7 Å². The molecule has 0 aliphatic carbocycles. The van der Waals surface area contributed by atoms with Crippen LogP contribution in [0.25, 0.3) is 10.9 Å². The highest BCUT2D eigenvalue weighted by atomic mass is 19.4. The summed E-state index contributed by atoms with van der Waals surface area (Å²) in [6.07, 6.45) is -3.80. The highest BCUT2D eigenvalue weighted by Gasteiger charge is 2.43. The average molecular weight is 578 g/mol. The number of nitrogens with zero attached hydrogens (tertiary/aromatic N) is 1. The Morgan fingerprint density at radius 1 is 1.15 bits per heavy atom. The maximum atomic E-state index is 13.0. The standard InChI is InChI=1S/C26H29N3O5.C2HF3O2/c1-17-14-20(22-6-3-4-7-23(22)27-17)15-34-21-10-8-19(9-11-21)25(31)28-26(12-5-13-33-16-26)18(2)24(30)29-32;3-2(4,5)1(6)7/h3-4,6-11,14,18,32H,5,12-13,15-16H2,1-2H3,(H,28,31)(H,29,30);(H,6,7). The lowest BCUT2D eigenvalue weighted by atomic mass is 9.79. The molecule has 10 nitrogen and oxygen atoms in total. The van der Waals surface area contributed by atoms with Gasteiger partial charge in [0.25, 0.3) is 5.91 Å². The fourth-order valence-corrected chi connectivity index (χ4v) is 4.39. The summed E-state index contributed by atoms with van der Waals surface area (Å²) in [6.45, 7) is 4.78. The van der Waals surface area contributed by atoms with E-state index in [0.717, 1.165) is 22.2 Å². The lowest BCUT2D eigenvalue weighted by Crippen LogP contribution is -2.61. The predicted molar refractivity (Wildman–Crippen MR) is 140 cm³/mol. The number of nitrogens with one attached hydrogen (secondary N) is 2. The lowest BCUT2D eigenvalue weighted by Gasteiger charge is -2.41. The molecule has 1 aliphatic rings. The zero-order chi connectivity index (χ0) is 30.2. The fraction of sp³-hybridized carbons (Fsp3) is 0.357. The molecule has 1 fully saturated rings. The summed E-state index contributed by atoms with van der Waals surface area (Å²) < 4.78 is 43.3. The summed E-state index contributed by atoms with van der Waals surface area (Å²) >= 11 is 0. The van der Waals surface area contributed by atoms with Gasteiger partial charge in [0, 0.05) is 28.8 Å². The molecule has 2 amide bonds. The summed E-state index contributed by atoms with van der Waals surface area (Å²) in [7, 11) is 0. The zero-order valence-electron chi connectivity index (χ0n) is 22.3. The normalized spacial score (nSPS) is 17.5. The Kier molecular flexibility index (Phi) is 10.2. The number of carbonyl (C=O) groups is 3. The van der Waals surface area contributed by atoms with Crippen molar-refractivity contribution in [3.05, 3.63) is 71.4 Å². The van der Waals surface area contributed by atoms with Crippen LogP contribution in [0.1, 0.15) is 41.4 Å². The van der Waals surface area contributed by atoms with E-state index in [1.165, 1.54) is 0 Å². The van der Waals surface area contributed by atoms with E-state index in [0.29, 0.717) is 37.4 Å². The number of carboxylic acids is 1. The highest BCUT2D eigenvalue weighted by molar-refractivity contribution is 5.95. The van der Waals surface area contributed by atoms with E-state index in [1.807, 2.05) is 37.3 Å². The van der Waals surface area contributed by atoms with Gasteiger partial charge in [0.15, 0.2) is 0 Å². The van der Waals surface area contributed by atoms with Crippen LogP contribution in [0.2, 0.25) is 0 Å². The molecule has 4 rings (SSSR count). The van der Waals surface area contributed by atoms with Gasteiger partial charge in [0.05, 0.1) is 23.6 Å². The van der Waals surface area contributed by atoms with Crippen LogP contribution in [0.3, 0.4) is 0 Å². The largest absolute Gasteiger partial charge is 0.490 e. The Morgan fingerprint density at radius 3 is 2.39 bits per heavy atom. The third kappa shape index (κ3) is 8.14. The number of rotatable bonds is 7. The first-order valence-electron chi connectivity index (χ1n) is 12.6. The molecule has 2 heterocycles. The Bertz CT molecular complexity index is 1370. The van der Waals surface area contributed by atoms with Crippen molar-refractivity contribution >= 4 is 28.7 Å². The van der Waals surface area contributed by atoms with Crippen molar-refractivity contribution in [1.82, 2.24) is 15.8 Å². The van der Waals surface area contributed by atoms with Gasteiger partial charge < -0.3 is 19.9 Å². The SMILES string of the molecule is Cc1cc(COc2ccc(C(=O)NC3(C(C)C(=O)NO)CCCOC3)cc2)c2ccccc2n1.O=C(O)C(F)(F)F. The van der Waals surface area contributed by atoms with Gasteiger partial charge in [-0.25, -0.2) is 10.3 Å². The van der Waals surface area contributed by atoms with Crippen molar-refractivity contribution in [2.24, 2.45) is 5.92 Å². The Hall–Kier alpha value is -4.23. The molecule has 13 heteroatoms. The number of carboxylic acid groups (broad SMARTS) is 1. The quantitative estimate of drug-likeness (QED) is 0.242. The number of aryl methyl sites for hydroxylation is 1. The molecule has 1 saturated heterocycles. The number of hydroxylamine groups is 1. The molecule has 2 atom stereocenters. The van der Waals surface area contributed by atoms with Gasteiger partial charge in [-0.05, 0) is 56.2 Å². The van der Waals surface area contributed by atoms with E-state index in [4.69, 9.17) is 24.6 Å². The van der Waals surface area contributed by atoms with Crippen LogP contribution < -0.4 is 15.5 Å². The Morgan fingerprint density at radius 2 is 1.80 bits per heavy atom. The predicted octanol–water partition coefficient (Wildman–Crippen LogP) is 4.18. The van der Waals surface area contributed by atoms with Gasteiger partial charge in [-0.3, -0.25) is 19.8 Å². The second kappa shape index (κ2) is 13.4. The summed E-state index contributed by atoms with van der Waals surface area (Å²) in [5.41, 5.74) is 4.13. The smallest absolute Gasteiger partial charge is 0.489 e. The van der Waals surface area contributed by atoms with Crippen LogP contribution in [-0.4, -0.2) is 58.0 Å². The number of ether oxygens (including phenoxy) is 2.